The second-order valence-corrected chi connectivity index (χ2v) is 6.90. The third kappa shape index (κ3) is 4.25. The van der Waals surface area contributed by atoms with E-state index < -0.39 is 17.8 Å². The molecule has 150 valence electrons. The van der Waals surface area contributed by atoms with Crippen LogP contribution in [0.15, 0.2) is 48.0 Å². The van der Waals surface area contributed by atoms with Crippen molar-refractivity contribution in [3.05, 3.63) is 58.6 Å². The number of amides is 4. The van der Waals surface area contributed by atoms with Crippen molar-refractivity contribution in [1.82, 2.24) is 5.32 Å². The molecule has 7 nitrogen and oxygen atoms in total. The Morgan fingerprint density at radius 3 is 2.41 bits per heavy atom. The number of hydrogen-bond acceptors (Lipinski definition) is 5. The summed E-state index contributed by atoms with van der Waals surface area (Å²) in [5, 5.41) is 2.45. The second kappa shape index (κ2) is 8.36. The number of barbiturate groups is 1. The van der Waals surface area contributed by atoms with Crippen molar-refractivity contribution in [2.75, 3.05) is 12.0 Å². The molecule has 4 amide bonds. The lowest BCUT2D eigenvalue weighted by atomic mass is 10.1. The van der Waals surface area contributed by atoms with Crippen molar-refractivity contribution in [1.29, 1.82) is 0 Å². The van der Waals surface area contributed by atoms with Crippen molar-refractivity contribution in [3.8, 4) is 11.5 Å². The van der Waals surface area contributed by atoms with Crippen LogP contribution in [-0.2, 0) is 9.59 Å². The molecule has 0 spiro atoms. The molecule has 1 aliphatic heterocycles. The number of carbonyl (C=O) groups excluding carboxylic acids is 3. The number of benzene rings is 2. The van der Waals surface area contributed by atoms with Crippen molar-refractivity contribution in [2.45, 2.75) is 20.0 Å². The number of nitrogens with zero attached hydrogens (tertiary/aromatic N) is 1. The van der Waals surface area contributed by atoms with E-state index >= 15 is 0 Å². The van der Waals surface area contributed by atoms with Gasteiger partial charge in [0, 0.05) is 0 Å². The summed E-state index contributed by atoms with van der Waals surface area (Å²) in [6, 6.07) is 10.7. The van der Waals surface area contributed by atoms with Gasteiger partial charge in [-0.2, -0.15) is 0 Å². The van der Waals surface area contributed by atoms with Crippen molar-refractivity contribution in [2.24, 2.45) is 0 Å². The molecule has 2 aromatic rings. The first kappa shape index (κ1) is 20.4. The SMILES string of the molecule is COc1cc(/C=C2\C(=O)NC(=O)N(c3ccccc3)C2=O)cc(Cl)c1OC(C)C. The summed E-state index contributed by atoms with van der Waals surface area (Å²) in [7, 11) is 1.46. The summed E-state index contributed by atoms with van der Waals surface area (Å²) in [6.45, 7) is 3.71. The number of halogens is 1. The third-order valence-electron chi connectivity index (χ3n) is 4.03. The predicted octanol–water partition coefficient (Wildman–Crippen LogP) is 3.80. The Morgan fingerprint density at radius 2 is 1.79 bits per heavy atom. The maximum Gasteiger partial charge on any atom is 0.335 e. The maximum atomic E-state index is 12.9. The normalized spacial score (nSPS) is 15.7. The zero-order valence-electron chi connectivity index (χ0n) is 16.1. The summed E-state index contributed by atoms with van der Waals surface area (Å²) in [6.07, 6.45) is 1.23. The predicted molar refractivity (Wildman–Crippen MR) is 109 cm³/mol. The Morgan fingerprint density at radius 1 is 1.10 bits per heavy atom. The molecule has 1 aliphatic rings. The van der Waals surface area contributed by atoms with E-state index in [1.165, 1.54) is 13.2 Å². The smallest absolute Gasteiger partial charge is 0.335 e. The van der Waals surface area contributed by atoms with E-state index in [0.29, 0.717) is 22.7 Å². The lowest BCUT2D eigenvalue weighted by Gasteiger charge is -2.26. The van der Waals surface area contributed by atoms with Crippen molar-refractivity contribution in [3.63, 3.8) is 0 Å². The van der Waals surface area contributed by atoms with Gasteiger partial charge in [0.25, 0.3) is 11.8 Å². The fourth-order valence-corrected chi connectivity index (χ4v) is 3.07. The maximum absolute atomic E-state index is 12.9. The van der Waals surface area contributed by atoms with E-state index in [0.717, 1.165) is 4.90 Å². The van der Waals surface area contributed by atoms with Crippen LogP contribution in [0.2, 0.25) is 5.02 Å². The highest BCUT2D eigenvalue weighted by atomic mass is 35.5. The largest absolute Gasteiger partial charge is 0.493 e. The minimum absolute atomic E-state index is 0.123. The Bertz CT molecular complexity index is 1000. The molecule has 2 aromatic carbocycles. The van der Waals surface area contributed by atoms with E-state index in [2.05, 4.69) is 5.32 Å². The third-order valence-corrected chi connectivity index (χ3v) is 4.31. The first-order valence-corrected chi connectivity index (χ1v) is 9.20. The molecular formula is C21H19ClN2O5. The van der Waals surface area contributed by atoms with Crippen LogP contribution in [0.1, 0.15) is 19.4 Å². The second-order valence-electron chi connectivity index (χ2n) is 6.49. The van der Waals surface area contributed by atoms with Gasteiger partial charge in [0.15, 0.2) is 11.5 Å². The minimum Gasteiger partial charge on any atom is -0.493 e. The van der Waals surface area contributed by atoms with Crippen molar-refractivity contribution < 1.29 is 23.9 Å². The Kier molecular flexibility index (Phi) is 5.89. The zero-order valence-corrected chi connectivity index (χ0v) is 16.8. The molecule has 8 heteroatoms. The van der Waals surface area contributed by atoms with Gasteiger partial charge >= 0.3 is 6.03 Å². The Hall–Kier alpha value is -3.32. The first-order chi connectivity index (χ1) is 13.8. The van der Waals surface area contributed by atoms with Crippen LogP contribution in [0.4, 0.5) is 10.5 Å². The van der Waals surface area contributed by atoms with E-state index in [-0.39, 0.29) is 16.7 Å². The Balaban J connectivity index is 2.02. The van der Waals surface area contributed by atoms with Gasteiger partial charge in [0.05, 0.1) is 23.9 Å². The van der Waals surface area contributed by atoms with E-state index in [1.54, 1.807) is 42.5 Å². The van der Waals surface area contributed by atoms with E-state index in [9.17, 15) is 14.4 Å². The van der Waals surface area contributed by atoms with Gasteiger partial charge in [-0.05, 0) is 49.8 Å². The van der Waals surface area contributed by atoms with Gasteiger partial charge < -0.3 is 9.47 Å². The molecule has 1 N–H and O–H groups in total. The van der Waals surface area contributed by atoms with Crippen LogP contribution in [0.25, 0.3) is 6.08 Å². The monoisotopic (exact) mass is 414 g/mol. The quantitative estimate of drug-likeness (QED) is 0.594. The molecule has 1 heterocycles. The first-order valence-electron chi connectivity index (χ1n) is 8.82. The summed E-state index contributed by atoms with van der Waals surface area (Å²) < 4.78 is 11.0. The zero-order chi connectivity index (χ0) is 21.1. The Labute approximate surface area is 172 Å². The van der Waals surface area contributed by atoms with Crippen LogP contribution >= 0.6 is 11.6 Å². The summed E-state index contributed by atoms with van der Waals surface area (Å²) >= 11 is 6.31. The number of ether oxygens (including phenoxy) is 2. The highest BCUT2D eigenvalue weighted by Crippen LogP contribution is 2.38. The summed E-state index contributed by atoms with van der Waals surface area (Å²) in [4.78, 5) is 38.3. The molecule has 0 radical (unpaired) electrons. The van der Waals surface area contributed by atoms with Gasteiger partial charge in [0.2, 0.25) is 0 Å². The topological polar surface area (TPSA) is 84.9 Å². The number of rotatable bonds is 5. The molecular weight excluding hydrogens is 396 g/mol. The number of anilines is 1. The average molecular weight is 415 g/mol. The lowest BCUT2D eigenvalue weighted by molar-refractivity contribution is -0.122. The standard InChI is InChI=1S/C21H19ClN2O5/c1-12(2)29-18-16(22)10-13(11-17(18)28-3)9-15-19(25)23-21(27)24(20(15)26)14-7-5-4-6-8-14/h4-12H,1-3H3,(H,23,25,27)/b15-9+. The highest BCUT2D eigenvalue weighted by Gasteiger charge is 2.36. The minimum atomic E-state index is -0.806. The number of methoxy groups -OCH3 is 1. The van der Waals surface area contributed by atoms with Crippen LogP contribution in [0.5, 0.6) is 11.5 Å². The highest BCUT2D eigenvalue weighted by molar-refractivity contribution is 6.39. The molecule has 0 saturated carbocycles. The van der Waals surface area contributed by atoms with Gasteiger partial charge in [-0.1, -0.05) is 29.8 Å². The fourth-order valence-electron chi connectivity index (χ4n) is 2.81. The molecule has 0 aliphatic carbocycles. The van der Waals surface area contributed by atoms with Gasteiger partial charge in [-0.25, -0.2) is 9.69 Å². The number of urea groups is 1. The number of nitrogens with one attached hydrogen (secondary N) is 1. The average Bonchev–Trinajstić information content (AvgIpc) is 2.67. The van der Waals surface area contributed by atoms with E-state index in [4.69, 9.17) is 21.1 Å². The lowest BCUT2D eigenvalue weighted by Crippen LogP contribution is -2.54. The van der Waals surface area contributed by atoms with E-state index in [1.807, 2.05) is 13.8 Å². The number of carbonyl (C=O) groups is 3. The number of hydrogen-bond donors (Lipinski definition) is 1. The van der Waals surface area contributed by atoms with Gasteiger partial charge in [-0.15, -0.1) is 0 Å². The van der Waals surface area contributed by atoms with Gasteiger partial charge in [0.1, 0.15) is 5.57 Å². The number of para-hydroxylation sites is 1. The van der Waals surface area contributed by atoms with Crippen LogP contribution in [0.3, 0.4) is 0 Å². The molecule has 0 unspecified atom stereocenters. The van der Waals surface area contributed by atoms with Crippen molar-refractivity contribution >= 4 is 41.2 Å². The molecule has 3 rings (SSSR count). The summed E-state index contributed by atoms with van der Waals surface area (Å²) in [5.74, 6) is -0.795. The van der Waals surface area contributed by atoms with Crippen LogP contribution in [-0.4, -0.2) is 31.1 Å². The van der Waals surface area contributed by atoms with Crippen LogP contribution in [0, 0.1) is 0 Å². The molecule has 1 fully saturated rings. The summed E-state index contributed by atoms with van der Waals surface area (Å²) in [5.41, 5.74) is 0.595. The number of imide groups is 2. The molecule has 29 heavy (non-hydrogen) atoms. The molecule has 1 saturated heterocycles. The molecule has 0 bridgehead atoms. The molecule has 0 aromatic heterocycles. The fraction of sp³-hybridized carbons (Fsp3) is 0.190. The molecule has 0 atom stereocenters. The van der Waals surface area contributed by atoms with Crippen LogP contribution < -0.4 is 19.7 Å². The van der Waals surface area contributed by atoms with Gasteiger partial charge in [-0.3, -0.25) is 14.9 Å².